The summed E-state index contributed by atoms with van der Waals surface area (Å²) in [7, 11) is 0. The normalized spacial score (nSPS) is 33.4. The van der Waals surface area contributed by atoms with Gasteiger partial charge < -0.3 is 25.1 Å². The summed E-state index contributed by atoms with van der Waals surface area (Å²) in [6.45, 7) is 3.52. The number of aromatic nitrogens is 4. The van der Waals surface area contributed by atoms with E-state index in [4.69, 9.17) is 19.9 Å². The Hall–Kier alpha value is -1.81. The van der Waals surface area contributed by atoms with Crippen molar-refractivity contribution in [2.75, 3.05) is 12.3 Å². The summed E-state index contributed by atoms with van der Waals surface area (Å²) in [5.41, 5.74) is 6.87. The lowest BCUT2D eigenvalue weighted by Crippen LogP contribution is -2.31. The first-order valence-electron chi connectivity index (χ1n) is 7.05. The van der Waals surface area contributed by atoms with E-state index in [0.29, 0.717) is 17.0 Å². The van der Waals surface area contributed by atoms with Crippen LogP contribution in [0.4, 0.5) is 5.82 Å². The maximum absolute atomic E-state index is 9.52. The minimum Gasteiger partial charge on any atom is -0.394 e. The number of fused-ring (bicyclic) bond motifs is 2. The number of hydrogen-bond acceptors (Lipinski definition) is 8. The highest BCUT2D eigenvalue weighted by molar-refractivity contribution is 5.81. The van der Waals surface area contributed by atoms with Crippen molar-refractivity contribution in [3.8, 4) is 0 Å². The van der Waals surface area contributed by atoms with Gasteiger partial charge in [-0.25, -0.2) is 15.0 Å². The van der Waals surface area contributed by atoms with Crippen LogP contribution < -0.4 is 5.73 Å². The van der Waals surface area contributed by atoms with E-state index in [1.165, 1.54) is 6.33 Å². The minimum absolute atomic E-state index is 0.152. The summed E-state index contributed by atoms with van der Waals surface area (Å²) in [4.78, 5) is 12.4. The van der Waals surface area contributed by atoms with Crippen molar-refractivity contribution in [2.24, 2.45) is 0 Å². The Morgan fingerprint density at radius 2 is 2.05 bits per heavy atom. The van der Waals surface area contributed by atoms with Crippen molar-refractivity contribution < 1.29 is 19.3 Å². The third-order valence-corrected chi connectivity index (χ3v) is 3.97. The largest absolute Gasteiger partial charge is 0.394 e. The molecule has 2 aliphatic rings. The molecule has 4 atom stereocenters. The third kappa shape index (κ3) is 1.90. The van der Waals surface area contributed by atoms with E-state index >= 15 is 0 Å². The van der Waals surface area contributed by atoms with E-state index < -0.39 is 18.1 Å². The Bertz CT molecular complexity index is 718. The van der Waals surface area contributed by atoms with E-state index in [0.717, 1.165) is 0 Å². The van der Waals surface area contributed by atoms with Gasteiger partial charge >= 0.3 is 0 Å². The molecule has 0 aromatic carbocycles. The lowest BCUT2D eigenvalue weighted by Gasteiger charge is -2.24. The van der Waals surface area contributed by atoms with Crippen molar-refractivity contribution >= 4 is 17.0 Å². The predicted molar refractivity (Wildman–Crippen MR) is 74.6 cm³/mol. The van der Waals surface area contributed by atoms with Crippen molar-refractivity contribution in [1.29, 1.82) is 0 Å². The van der Waals surface area contributed by atoms with Crippen LogP contribution in [-0.2, 0) is 14.2 Å². The molecule has 0 spiro atoms. The van der Waals surface area contributed by atoms with E-state index in [9.17, 15) is 5.11 Å². The van der Waals surface area contributed by atoms with Crippen molar-refractivity contribution in [1.82, 2.24) is 19.5 Å². The number of hydrogen-bond donors (Lipinski definition) is 2. The molecule has 4 heterocycles. The SMILES string of the molecule is CC1(C)OC2[C@H](CO)O[C@H](n3cnc4c(N)ncnc43)[C@@H]2O1. The lowest BCUT2D eigenvalue weighted by molar-refractivity contribution is -0.199. The number of aliphatic hydroxyl groups is 1. The van der Waals surface area contributed by atoms with Crippen molar-refractivity contribution in [2.45, 2.75) is 44.2 Å². The highest BCUT2D eigenvalue weighted by Crippen LogP contribution is 2.43. The molecule has 0 aliphatic carbocycles. The Labute approximate surface area is 126 Å². The second-order valence-electron chi connectivity index (χ2n) is 5.90. The van der Waals surface area contributed by atoms with Crippen molar-refractivity contribution in [3.05, 3.63) is 12.7 Å². The fraction of sp³-hybridized carbons (Fsp3) is 0.615. The number of aliphatic hydroxyl groups excluding tert-OH is 1. The summed E-state index contributed by atoms with van der Waals surface area (Å²) >= 11 is 0. The molecule has 2 fully saturated rings. The molecular weight excluding hydrogens is 290 g/mol. The molecule has 2 aromatic rings. The first-order chi connectivity index (χ1) is 10.5. The van der Waals surface area contributed by atoms with Gasteiger partial charge in [0.25, 0.3) is 0 Å². The fourth-order valence-corrected chi connectivity index (χ4v) is 3.09. The summed E-state index contributed by atoms with van der Waals surface area (Å²) in [6.07, 6.45) is 1.30. The first kappa shape index (κ1) is 13.8. The van der Waals surface area contributed by atoms with Crippen LogP contribution in [0.1, 0.15) is 20.1 Å². The first-order valence-corrected chi connectivity index (χ1v) is 7.05. The lowest BCUT2D eigenvalue weighted by atomic mass is 10.1. The Morgan fingerprint density at radius 3 is 2.82 bits per heavy atom. The van der Waals surface area contributed by atoms with E-state index in [-0.39, 0.29) is 18.8 Å². The monoisotopic (exact) mass is 307 g/mol. The molecule has 9 heteroatoms. The maximum Gasteiger partial charge on any atom is 0.167 e. The van der Waals surface area contributed by atoms with Gasteiger partial charge in [-0.2, -0.15) is 0 Å². The van der Waals surface area contributed by atoms with Gasteiger partial charge in [0.2, 0.25) is 0 Å². The smallest absolute Gasteiger partial charge is 0.167 e. The molecule has 0 saturated carbocycles. The molecule has 2 aromatic heterocycles. The quantitative estimate of drug-likeness (QED) is 0.784. The molecule has 0 radical (unpaired) electrons. The molecular formula is C13H17N5O4. The summed E-state index contributed by atoms with van der Waals surface area (Å²) in [6, 6.07) is 0. The molecule has 0 bridgehead atoms. The predicted octanol–water partition coefficient (Wildman–Crippen LogP) is -0.182. The number of rotatable bonds is 2. The minimum atomic E-state index is -0.727. The van der Waals surface area contributed by atoms with Crippen LogP contribution in [0, 0.1) is 0 Å². The molecule has 118 valence electrons. The van der Waals surface area contributed by atoms with Gasteiger partial charge in [0.05, 0.1) is 12.9 Å². The molecule has 3 N–H and O–H groups in total. The topological polar surface area (TPSA) is 118 Å². The van der Waals surface area contributed by atoms with Gasteiger partial charge in [-0.05, 0) is 13.8 Å². The highest BCUT2D eigenvalue weighted by atomic mass is 16.8. The molecule has 22 heavy (non-hydrogen) atoms. The zero-order chi connectivity index (χ0) is 15.5. The third-order valence-electron chi connectivity index (χ3n) is 3.97. The van der Waals surface area contributed by atoms with E-state index in [1.54, 1.807) is 10.9 Å². The molecule has 1 unspecified atom stereocenters. The molecule has 2 aliphatic heterocycles. The van der Waals surface area contributed by atoms with E-state index in [2.05, 4.69) is 15.0 Å². The number of nitrogens with two attached hydrogens (primary N) is 1. The zero-order valence-corrected chi connectivity index (χ0v) is 12.2. The summed E-state index contributed by atoms with van der Waals surface area (Å²) in [5, 5.41) is 9.52. The second kappa shape index (κ2) is 4.59. The van der Waals surface area contributed by atoms with Crippen LogP contribution in [0.5, 0.6) is 0 Å². The van der Waals surface area contributed by atoms with Crippen LogP contribution in [0.25, 0.3) is 11.2 Å². The Kier molecular flexibility index (Phi) is 2.89. The van der Waals surface area contributed by atoms with Gasteiger partial charge in [0, 0.05) is 0 Å². The summed E-state index contributed by atoms with van der Waals surface area (Å²) in [5.74, 6) is -0.421. The van der Waals surface area contributed by atoms with Crippen LogP contribution in [0.3, 0.4) is 0 Å². The Balaban J connectivity index is 1.77. The number of ether oxygens (including phenoxy) is 3. The number of imidazole rings is 1. The standard InChI is InChI=1S/C13H17N5O4/c1-13(2)21-8-6(3-19)20-12(9(8)22-13)18-5-17-7-10(14)15-4-16-11(7)18/h4-6,8-9,12,19H,3H2,1-2H3,(H2,14,15,16)/t6-,8?,9+,12-/m0/s1. The highest BCUT2D eigenvalue weighted by Gasteiger charge is 2.55. The maximum atomic E-state index is 9.52. The molecule has 2 saturated heterocycles. The van der Waals surface area contributed by atoms with Gasteiger partial charge in [0.1, 0.15) is 30.2 Å². The number of nitrogen functional groups attached to an aromatic ring is 1. The second-order valence-corrected chi connectivity index (χ2v) is 5.90. The average molecular weight is 307 g/mol. The number of anilines is 1. The molecule has 9 nitrogen and oxygen atoms in total. The van der Waals surface area contributed by atoms with Crippen LogP contribution in [0.2, 0.25) is 0 Å². The van der Waals surface area contributed by atoms with Crippen molar-refractivity contribution in [3.63, 3.8) is 0 Å². The van der Waals surface area contributed by atoms with Gasteiger partial charge in [-0.3, -0.25) is 4.57 Å². The van der Waals surface area contributed by atoms with Gasteiger partial charge in [-0.15, -0.1) is 0 Å². The van der Waals surface area contributed by atoms with Crippen LogP contribution in [0.15, 0.2) is 12.7 Å². The molecule has 0 amide bonds. The van der Waals surface area contributed by atoms with Gasteiger partial charge in [0.15, 0.2) is 23.5 Å². The Morgan fingerprint density at radius 1 is 1.27 bits per heavy atom. The van der Waals surface area contributed by atoms with Crippen LogP contribution in [-0.4, -0.2) is 55.3 Å². The number of nitrogens with zero attached hydrogens (tertiary/aromatic N) is 4. The van der Waals surface area contributed by atoms with Crippen LogP contribution >= 0.6 is 0 Å². The molecule has 4 rings (SSSR count). The van der Waals surface area contributed by atoms with E-state index in [1.807, 2.05) is 13.8 Å². The average Bonchev–Trinajstić information content (AvgIpc) is 3.10. The summed E-state index contributed by atoms with van der Waals surface area (Å²) < 4.78 is 19.4. The zero-order valence-electron chi connectivity index (χ0n) is 12.2. The fourth-order valence-electron chi connectivity index (χ4n) is 3.09. The van der Waals surface area contributed by atoms with Gasteiger partial charge in [-0.1, -0.05) is 0 Å².